The summed E-state index contributed by atoms with van der Waals surface area (Å²) in [6.45, 7) is 7.25. The van der Waals surface area contributed by atoms with Crippen LogP contribution >= 0.6 is 0 Å². The van der Waals surface area contributed by atoms with Crippen LogP contribution in [0.5, 0.6) is 0 Å². The van der Waals surface area contributed by atoms with Gasteiger partial charge in [0.15, 0.2) is 5.78 Å². The molecule has 3 N–H and O–H groups in total. The van der Waals surface area contributed by atoms with E-state index in [1.165, 1.54) is 0 Å². The molecule has 0 aromatic carbocycles. The van der Waals surface area contributed by atoms with E-state index in [0.29, 0.717) is 0 Å². The molecule has 11 heavy (non-hydrogen) atoms. The van der Waals surface area contributed by atoms with Gasteiger partial charge in [0, 0.05) is 0 Å². The highest BCUT2D eigenvalue weighted by atomic mass is 16.1. The van der Waals surface area contributed by atoms with Gasteiger partial charge < -0.3 is 0 Å². The molecule has 0 rings (SSSR count). The molecule has 0 bridgehead atoms. The van der Waals surface area contributed by atoms with Crippen molar-refractivity contribution >= 4 is 5.78 Å². The van der Waals surface area contributed by atoms with E-state index in [1.54, 1.807) is 19.9 Å². The Hall–Kier alpha value is -0.670. The third kappa shape index (κ3) is 3.30. The van der Waals surface area contributed by atoms with E-state index in [1.807, 2.05) is 13.8 Å². The van der Waals surface area contributed by atoms with Gasteiger partial charge in [-0.2, -0.15) is 0 Å². The van der Waals surface area contributed by atoms with Crippen LogP contribution < -0.4 is 11.3 Å². The average Bonchev–Trinajstić information content (AvgIpc) is 1.86. The molecule has 3 nitrogen and oxygen atoms in total. The molecule has 0 aromatic heterocycles. The standard InChI is InChI=1S/C8H16N2O/c1-6(2)5-7(11)8(3,4)10-9/h5,10H,9H2,1-4H3. The van der Waals surface area contributed by atoms with Crippen LogP contribution in [0.3, 0.4) is 0 Å². The first kappa shape index (κ1) is 10.3. The summed E-state index contributed by atoms with van der Waals surface area (Å²) < 4.78 is 0. The number of ketones is 1. The van der Waals surface area contributed by atoms with Crippen molar-refractivity contribution in [3.63, 3.8) is 0 Å². The predicted molar refractivity (Wildman–Crippen MR) is 45.8 cm³/mol. The summed E-state index contributed by atoms with van der Waals surface area (Å²) in [5.41, 5.74) is 2.78. The van der Waals surface area contributed by atoms with Gasteiger partial charge in [0.2, 0.25) is 0 Å². The van der Waals surface area contributed by atoms with E-state index in [-0.39, 0.29) is 5.78 Å². The topological polar surface area (TPSA) is 55.1 Å². The number of allylic oxidation sites excluding steroid dienone is 1. The van der Waals surface area contributed by atoms with Crippen LogP contribution in [0.15, 0.2) is 11.6 Å². The van der Waals surface area contributed by atoms with Gasteiger partial charge in [-0.3, -0.25) is 10.6 Å². The van der Waals surface area contributed by atoms with Gasteiger partial charge in [-0.15, -0.1) is 0 Å². The van der Waals surface area contributed by atoms with E-state index in [0.717, 1.165) is 5.57 Å². The maximum absolute atomic E-state index is 11.3. The highest BCUT2D eigenvalue weighted by Crippen LogP contribution is 2.04. The molecule has 0 amide bonds. The molecule has 0 aliphatic carbocycles. The number of rotatable bonds is 3. The van der Waals surface area contributed by atoms with Crippen LogP contribution in [0.1, 0.15) is 27.7 Å². The second-order valence-electron chi connectivity index (χ2n) is 3.36. The highest BCUT2D eigenvalue weighted by molar-refractivity contribution is 5.97. The van der Waals surface area contributed by atoms with E-state index < -0.39 is 5.54 Å². The van der Waals surface area contributed by atoms with Crippen LogP contribution in [-0.4, -0.2) is 11.3 Å². The summed E-state index contributed by atoms with van der Waals surface area (Å²) in [7, 11) is 0. The molecule has 0 spiro atoms. The van der Waals surface area contributed by atoms with Crippen molar-refractivity contribution < 1.29 is 4.79 Å². The van der Waals surface area contributed by atoms with Gasteiger partial charge in [0.05, 0.1) is 5.54 Å². The SMILES string of the molecule is CC(C)=CC(=O)C(C)(C)NN. The molecule has 0 aliphatic rings. The molecule has 0 aromatic rings. The Balaban J connectivity index is 4.37. The van der Waals surface area contributed by atoms with Gasteiger partial charge in [-0.25, -0.2) is 5.43 Å². The largest absolute Gasteiger partial charge is 0.293 e. The van der Waals surface area contributed by atoms with Gasteiger partial charge in [0.1, 0.15) is 0 Å². The number of hydrogen-bond donors (Lipinski definition) is 2. The molecule has 0 radical (unpaired) electrons. The monoisotopic (exact) mass is 156 g/mol. The highest BCUT2D eigenvalue weighted by Gasteiger charge is 2.22. The maximum atomic E-state index is 11.3. The molecule has 0 saturated heterocycles. The molecular formula is C8H16N2O. The smallest absolute Gasteiger partial charge is 0.176 e. The van der Waals surface area contributed by atoms with Gasteiger partial charge >= 0.3 is 0 Å². The lowest BCUT2D eigenvalue weighted by Gasteiger charge is -2.19. The van der Waals surface area contributed by atoms with Crippen LogP contribution in [-0.2, 0) is 4.79 Å². The lowest BCUT2D eigenvalue weighted by atomic mass is 9.99. The van der Waals surface area contributed by atoms with Crippen LogP contribution in [0.2, 0.25) is 0 Å². The summed E-state index contributed by atoms with van der Waals surface area (Å²) in [6, 6.07) is 0. The molecule has 0 unspecified atom stereocenters. The Morgan fingerprint density at radius 1 is 1.45 bits per heavy atom. The normalized spacial score (nSPS) is 11.0. The lowest BCUT2D eigenvalue weighted by molar-refractivity contribution is -0.119. The zero-order valence-corrected chi connectivity index (χ0v) is 7.56. The van der Waals surface area contributed by atoms with Crippen molar-refractivity contribution in [3.8, 4) is 0 Å². The van der Waals surface area contributed by atoms with Crippen LogP contribution in [0.4, 0.5) is 0 Å². The van der Waals surface area contributed by atoms with Crippen molar-refractivity contribution in [2.75, 3.05) is 0 Å². The number of hydrazine groups is 1. The molecule has 0 aliphatic heterocycles. The number of carbonyl (C=O) groups is 1. The zero-order chi connectivity index (χ0) is 9.07. The first-order chi connectivity index (χ1) is 4.90. The van der Waals surface area contributed by atoms with Crippen LogP contribution in [0, 0.1) is 0 Å². The predicted octanol–water partition coefficient (Wildman–Crippen LogP) is 0.764. The Morgan fingerprint density at radius 2 is 1.91 bits per heavy atom. The van der Waals surface area contributed by atoms with Gasteiger partial charge in [0.25, 0.3) is 0 Å². The second-order valence-corrected chi connectivity index (χ2v) is 3.36. The van der Waals surface area contributed by atoms with Gasteiger partial charge in [-0.05, 0) is 33.8 Å². The van der Waals surface area contributed by atoms with E-state index in [4.69, 9.17) is 5.84 Å². The Labute approximate surface area is 67.6 Å². The second kappa shape index (κ2) is 3.64. The van der Waals surface area contributed by atoms with Crippen LogP contribution in [0.25, 0.3) is 0 Å². The molecule has 0 atom stereocenters. The number of nitrogens with two attached hydrogens (primary N) is 1. The molecule has 64 valence electrons. The Morgan fingerprint density at radius 3 is 2.18 bits per heavy atom. The van der Waals surface area contributed by atoms with E-state index >= 15 is 0 Å². The number of hydrogen-bond acceptors (Lipinski definition) is 3. The Bertz CT molecular complexity index is 179. The summed E-state index contributed by atoms with van der Waals surface area (Å²) in [4.78, 5) is 11.3. The molecular weight excluding hydrogens is 140 g/mol. The summed E-state index contributed by atoms with van der Waals surface area (Å²) >= 11 is 0. The third-order valence-electron chi connectivity index (χ3n) is 1.40. The lowest BCUT2D eigenvalue weighted by Crippen LogP contribution is -2.49. The summed E-state index contributed by atoms with van der Waals surface area (Å²) in [5, 5.41) is 0. The maximum Gasteiger partial charge on any atom is 0.176 e. The average molecular weight is 156 g/mol. The quantitative estimate of drug-likeness (QED) is 0.360. The molecule has 0 heterocycles. The van der Waals surface area contributed by atoms with Crippen molar-refractivity contribution in [2.45, 2.75) is 33.2 Å². The zero-order valence-electron chi connectivity index (χ0n) is 7.56. The van der Waals surface area contributed by atoms with E-state index in [9.17, 15) is 4.79 Å². The first-order valence-electron chi connectivity index (χ1n) is 3.57. The number of carbonyl (C=O) groups excluding carboxylic acids is 1. The van der Waals surface area contributed by atoms with Crippen molar-refractivity contribution in [3.05, 3.63) is 11.6 Å². The van der Waals surface area contributed by atoms with Crippen molar-refractivity contribution in [1.29, 1.82) is 0 Å². The minimum Gasteiger partial charge on any atom is -0.293 e. The molecule has 3 heteroatoms. The first-order valence-corrected chi connectivity index (χ1v) is 3.57. The minimum absolute atomic E-state index is 0.000000000000000444. The van der Waals surface area contributed by atoms with E-state index in [2.05, 4.69) is 5.43 Å². The molecule has 0 fully saturated rings. The third-order valence-corrected chi connectivity index (χ3v) is 1.40. The minimum atomic E-state index is -0.655. The fraction of sp³-hybridized carbons (Fsp3) is 0.625. The van der Waals surface area contributed by atoms with Crippen molar-refractivity contribution in [2.24, 2.45) is 5.84 Å². The number of nitrogens with one attached hydrogen (secondary N) is 1. The summed E-state index contributed by atoms with van der Waals surface area (Å²) in [5.74, 6) is 5.18. The fourth-order valence-corrected chi connectivity index (χ4v) is 0.514. The summed E-state index contributed by atoms with van der Waals surface area (Å²) in [6.07, 6.45) is 1.58. The molecule has 0 saturated carbocycles. The van der Waals surface area contributed by atoms with Crippen molar-refractivity contribution in [1.82, 2.24) is 5.43 Å². The fourth-order valence-electron chi connectivity index (χ4n) is 0.514. The Kier molecular flexibility index (Phi) is 3.42. The van der Waals surface area contributed by atoms with Gasteiger partial charge in [-0.1, -0.05) is 5.57 Å².